The molecule has 0 aromatic rings. The molecule has 2 aliphatic heterocycles. The van der Waals surface area contributed by atoms with Gasteiger partial charge >= 0.3 is 25.7 Å². The van der Waals surface area contributed by atoms with E-state index in [-0.39, 0.29) is 19.3 Å². The van der Waals surface area contributed by atoms with E-state index < -0.39 is 156 Å². The van der Waals surface area contributed by atoms with E-state index in [1.54, 1.807) is 0 Å². The quantitative estimate of drug-likeness (QED) is 0.00886. The minimum absolute atomic E-state index is 0.0277. The Bertz CT molecular complexity index is 2080. The summed E-state index contributed by atoms with van der Waals surface area (Å²) >= 11 is 0. The van der Waals surface area contributed by atoms with Gasteiger partial charge in [-0.2, -0.15) is 0 Å². The van der Waals surface area contributed by atoms with Crippen molar-refractivity contribution in [2.45, 2.75) is 407 Å². The maximum atomic E-state index is 14.3. The molecule has 1 saturated carbocycles. The molecule has 98 heavy (non-hydrogen) atoms. The minimum atomic E-state index is -5.70. The normalized spacial score (nSPS) is 27.7. The van der Waals surface area contributed by atoms with Crippen LogP contribution in [0.2, 0.25) is 0 Å². The van der Waals surface area contributed by atoms with Crippen molar-refractivity contribution >= 4 is 25.7 Å². The van der Waals surface area contributed by atoms with Crippen LogP contribution in [-0.2, 0) is 61.2 Å². The van der Waals surface area contributed by atoms with E-state index in [9.17, 15) is 74.9 Å². The Morgan fingerprint density at radius 1 is 0.388 bits per heavy atom. The molecule has 24 nitrogen and oxygen atoms in total. The van der Waals surface area contributed by atoms with Crippen LogP contribution in [0, 0.1) is 0 Å². The Morgan fingerprint density at radius 3 is 1.11 bits per heavy atom. The SMILES string of the molecule is CCCCCCCC/C=C\CCCCCC(=O)OCC(COP(=O)(O)OC1C(OC2OC(CO)C(O)C(O)C2O)C(O)C(O)C(O)C1OC1OC(COC(=O)CCCCCCCCCCCCCCCCCC)C(O)C(O)C1O)OC(=O)CCCCCCCCCCCCCCCC. The lowest BCUT2D eigenvalue weighted by atomic mass is 9.84. The molecular weight excluding hydrogens is 1290 g/mol. The number of hydrogen-bond acceptors (Lipinski definition) is 23. The molecule has 0 aromatic carbocycles. The lowest BCUT2D eigenvalue weighted by Crippen LogP contribution is -2.69. The maximum Gasteiger partial charge on any atom is 0.472 e. The summed E-state index contributed by atoms with van der Waals surface area (Å²) in [6.07, 6.45) is 14.2. The van der Waals surface area contributed by atoms with Gasteiger partial charge in [-0.05, 0) is 44.9 Å². The van der Waals surface area contributed by atoms with Crippen molar-refractivity contribution in [2.24, 2.45) is 0 Å². The zero-order valence-corrected chi connectivity index (χ0v) is 61.0. The molecule has 3 aliphatic rings. The monoisotopic (exact) mass is 1430 g/mol. The van der Waals surface area contributed by atoms with E-state index in [2.05, 4.69) is 32.9 Å². The average molecular weight is 1430 g/mol. The minimum Gasteiger partial charge on any atom is -0.463 e. The molecule has 0 aromatic heterocycles. The highest BCUT2D eigenvalue weighted by atomic mass is 31.2. The molecule has 25 heteroatoms. The molecular formula is C73H135O24P. The lowest BCUT2D eigenvalue weighted by Gasteiger charge is -2.49. The topological polar surface area (TPSA) is 374 Å². The van der Waals surface area contributed by atoms with Crippen LogP contribution in [-0.4, -0.2) is 204 Å². The number of phosphoric ester groups is 1. The van der Waals surface area contributed by atoms with E-state index in [1.165, 1.54) is 148 Å². The number of esters is 3. The molecule has 1 aliphatic carbocycles. The van der Waals surface area contributed by atoms with Gasteiger partial charge in [-0.1, -0.05) is 251 Å². The second kappa shape index (κ2) is 55.2. The number of aliphatic hydroxyl groups is 10. The predicted octanol–water partition coefficient (Wildman–Crippen LogP) is 10.7. The van der Waals surface area contributed by atoms with Gasteiger partial charge in [0, 0.05) is 19.3 Å². The zero-order valence-electron chi connectivity index (χ0n) is 60.1. The maximum absolute atomic E-state index is 14.3. The van der Waals surface area contributed by atoms with E-state index in [0.29, 0.717) is 19.3 Å². The third-order valence-electron chi connectivity index (χ3n) is 19.0. The smallest absolute Gasteiger partial charge is 0.463 e. The Balaban J connectivity index is 1.72. The van der Waals surface area contributed by atoms with Gasteiger partial charge in [-0.15, -0.1) is 0 Å². The highest BCUT2D eigenvalue weighted by molar-refractivity contribution is 7.47. The van der Waals surface area contributed by atoms with Gasteiger partial charge in [-0.3, -0.25) is 23.4 Å². The molecule has 3 rings (SSSR count). The molecule has 576 valence electrons. The second-order valence-electron chi connectivity index (χ2n) is 27.7. The van der Waals surface area contributed by atoms with Crippen LogP contribution < -0.4 is 0 Å². The Hall–Kier alpha value is -2.30. The summed E-state index contributed by atoms with van der Waals surface area (Å²) < 4.78 is 65.0. The van der Waals surface area contributed by atoms with Gasteiger partial charge < -0.3 is 89.1 Å². The van der Waals surface area contributed by atoms with Crippen molar-refractivity contribution in [1.29, 1.82) is 0 Å². The summed E-state index contributed by atoms with van der Waals surface area (Å²) in [5, 5.41) is 110. The van der Waals surface area contributed by atoms with Gasteiger partial charge in [0.25, 0.3) is 0 Å². The van der Waals surface area contributed by atoms with Crippen molar-refractivity contribution in [3.63, 3.8) is 0 Å². The zero-order chi connectivity index (χ0) is 71.8. The van der Waals surface area contributed by atoms with E-state index in [4.69, 9.17) is 42.2 Å². The summed E-state index contributed by atoms with van der Waals surface area (Å²) in [5.41, 5.74) is 0. The first-order chi connectivity index (χ1) is 47.3. The van der Waals surface area contributed by atoms with Crippen LogP contribution in [0.3, 0.4) is 0 Å². The first-order valence-electron chi connectivity index (χ1n) is 38.5. The van der Waals surface area contributed by atoms with Crippen molar-refractivity contribution in [1.82, 2.24) is 0 Å². The van der Waals surface area contributed by atoms with Gasteiger partial charge in [0.05, 0.1) is 13.2 Å². The summed E-state index contributed by atoms with van der Waals surface area (Å²) in [5.74, 6) is -2.00. The molecule has 2 heterocycles. The fourth-order valence-corrected chi connectivity index (χ4v) is 13.7. The first kappa shape index (κ1) is 89.9. The first-order valence-corrected chi connectivity index (χ1v) is 40.0. The molecule has 0 amide bonds. The number of carbonyl (C=O) groups is 3. The van der Waals surface area contributed by atoms with E-state index in [1.807, 2.05) is 0 Å². The molecule has 18 atom stereocenters. The van der Waals surface area contributed by atoms with Gasteiger partial charge in [0.2, 0.25) is 0 Å². The summed E-state index contributed by atoms with van der Waals surface area (Å²) in [7, 11) is -5.70. The number of hydrogen-bond donors (Lipinski definition) is 11. The predicted molar refractivity (Wildman–Crippen MR) is 370 cm³/mol. The standard InChI is InChI=1S/C73H135O24P/c1-4-7-10-13-16-19-22-25-27-28-31-33-36-39-42-45-48-58(76)90-53-56-61(79)63(81)68(86)73(94-56)96-70-66(84)64(82)65(83)69(95-72-67(85)62(80)60(78)55(50-74)93-72)71(70)97-98(87,88)91-52-54(51-89-57(75)47-44-41-38-35-32-29-24-21-18-15-12-9-6-3)92-59(77)49-46-43-40-37-34-30-26-23-20-17-14-11-8-5-2/h29,32,54-56,60-74,78-86H,4-28,30-31,33-53H2,1-3H3,(H,87,88)/b32-29-. The molecule has 3 fully saturated rings. The molecule has 0 bridgehead atoms. The highest BCUT2D eigenvalue weighted by Gasteiger charge is 2.58. The molecule has 11 N–H and O–H groups in total. The Kier molecular flexibility index (Phi) is 50.7. The summed E-state index contributed by atoms with van der Waals surface area (Å²) in [6, 6.07) is 0. The number of aliphatic hydroxyl groups excluding tert-OH is 10. The van der Waals surface area contributed by atoms with Crippen LogP contribution >= 0.6 is 7.82 Å². The molecule has 2 saturated heterocycles. The van der Waals surface area contributed by atoms with E-state index in [0.717, 1.165) is 96.3 Å². The van der Waals surface area contributed by atoms with Gasteiger partial charge in [0.15, 0.2) is 18.7 Å². The van der Waals surface area contributed by atoms with Crippen molar-refractivity contribution < 1.29 is 117 Å². The fraction of sp³-hybridized carbons (Fsp3) is 0.932. The molecule has 18 unspecified atom stereocenters. The highest BCUT2D eigenvalue weighted by Crippen LogP contribution is 2.49. The number of ether oxygens (including phenoxy) is 7. The third kappa shape index (κ3) is 37.9. The van der Waals surface area contributed by atoms with Crippen molar-refractivity contribution in [3.8, 4) is 0 Å². The second-order valence-corrected chi connectivity index (χ2v) is 29.1. The third-order valence-corrected chi connectivity index (χ3v) is 20.0. The summed E-state index contributed by atoms with van der Waals surface area (Å²) in [6.45, 7) is 3.45. The van der Waals surface area contributed by atoms with Gasteiger partial charge in [-0.25, -0.2) is 4.57 Å². The van der Waals surface area contributed by atoms with Crippen LogP contribution in [0.4, 0.5) is 0 Å². The van der Waals surface area contributed by atoms with Crippen LogP contribution in [0.15, 0.2) is 12.2 Å². The Labute approximate surface area is 586 Å². The number of unbranched alkanes of at least 4 members (excludes halogenated alkanes) is 37. The number of phosphoric acid groups is 1. The molecule has 0 spiro atoms. The van der Waals surface area contributed by atoms with Crippen LogP contribution in [0.25, 0.3) is 0 Å². The number of rotatable bonds is 60. The number of carbonyl (C=O) groups excluding carboxylic acids is 3. The largest absolute Gasteiger partial charge is 0.472 e. The number of allylic oxidation sites excluding steroid dienone is 2. The van der Waals surface area contributed by atoms with Crippen molar-refractivity contribution in [2.75, 3.05) is 26.4 Å². The Morgan fingerprint density at radius 2 is 0.714 bits per heavy atom. The lowest BCUT2D eigenvalue weighted by molar-refractivity contribution is -0.360. The van der Waals surface area contributed by atoms with Crippen LogP contribution in [0.5, 0.6) is 0 Å². The van der Waals surface area contributed by atoms with E-state index >= 15 is 0 Å². The van der Waals surface area contributed by atoms with Crippen molar-refractivity contribution in [3.05, 3.63) is 12.2 Å². The van der Waals surface area contributed by atoms with Crippen LogP contribution in [0.1, 0.15) is 303 Å². The fourth-order valence-electron chi connectivity index (χ4n) is 12.8. The average Bonchev–Trinajstić information content (AvgIpc) is 0.762. The van der Waals surface area contributed by atoms with Gasteiger partial charge in [0.1, 0.15) is 98.7 Å². The summed E-state index contributed by atoms with van der Waals surface area (Å²) in [4.78, 5) is 51.0. The molecule has 0 radical (unpaired) electrons.